The number of aromatic hydroxyl groups is 1. The first-order valence-electron chi connectivity index (χ1n) is 14.1. The van der Waals surface area contributed by atoms with Crippen molar-refractivity contribution >= 4 is 0 Å². The molecule has 5 fully saturated rings. The number of likely N-dealkylation sites (tertiary alicyclic amines) is 1. The summed E-state index contributed by atoms with van der Waals surface area (Å²) in [6, 6.07) is 4.47. The fourth-order valence-electron chi connectivity index (χ4n) is 9.89. The summed E-state index contributed by atoms with van der Waals surface area (Å²) in [6.07, 6.45) is 8.56. The molecule has 35 heavy (non-hydrogen) atoms. The highest BCUT2D eigenvalue weighted by molar-refractivity contribution is 5.63. The first kappa shape index (κ1) is 22.9. The molecule has 2 aliphatic heterocycles. The molecule has 0 aromatic heterocycles. The number of benzene rings is 1. The standard InChI is InChI=1S/C30H43NO4/c1-6-26(2,3)27(4,33)21-16-28-11-12-30(21,34-5)25-29(28)13-14-31(17-18-7-8-18)22(28)15-19-9-10-20(32)24(35-25)23(19)29/h9-10,18,21-22,25,32-33H,6-8,11-17H2,1-5H3/t21-,22-,25-,27+,28-,29+,30+/m1/s1. The number of piperidine rings is 1. The summed E-state index contributed by atoms with van der Waals surface area (Å²) in [6.45, 7) is 11.0. The fourth-order valence-corrected chi connectivity index (χ4v) is 9.89. The predicted molar refractivity (Wildman–Crippen MR) is 135 cm³/mol. The Bertz CT molecular complexity index is 1080. The normalized spacial score (nSPS) is 43.0. The molecule has 4 saturated carbocycles. The van der Waals surface area contributed by atoms with Crippen molar-refractivity contribution in [1.82, 2.24) is 4.90 Å². The van der Waals surface area contributed by atoms with Gasteiger partial charge in [-0.2, -0.15) is 0 Å². The van der Waals surface area contributed by atoms with Gasteiger partial charge in [-0.25, -0.2) is 0 Å². The fraction of sp³-hybridized carbons (Fsp3) is 0.800. The molecule has 7 aliphatic rings. The van der Waals surface area contributed by atoms with Crippen molar-refractivity contribution < 1.29 is 19.7 Å². The molecular weight excluding hydrogens is 438 g/mol. The van der Waals surface area contributed by atoms with Gasteiger partial charge in [-0.15, -0.1) is 0 Å². The van der Waals surface area contributed by atoms with Gasteiger partial charge in [-0.1, -0.05) is 26.8 Å². The number of rotatable bonds is 6. The Hall–Kier alpha value is -1.30. The topological polar surface area (TPSA) is 62.2 Å². The molecule has 5 nitrogen and oxygen atoms in total. The van der Waals surface area contributed by atoms with Crippen LogP contribution in [0.4, 0.5) is 0 Å². The highest BCUT2D eigenvalue weighted by Gasteiger charge is 2.82. The van der Waals surface area contributed by atoms with Crippen molar-refractivity contribution in [3.8, 4) is 11.5 Å². The van der Waals surface area contributed by atoms with E-state index in [0.717, 1.165) is 51.0 Å². The zero-order chi connectivity index (χ0) is 24.6. The van der Waals surface area contributed by atoms with Crippen molar-refractivity contribution in [3.05, 3.63) is 23.3 Å². The van der Waals surface area contributed by atoms with Crippen LogP contribution in [0.25, 0.3) is 0 Å². The second-order valence-corrected chi connectivity index (χ2v) is 13.8. The second kappa shape index (κ2) is 6.76. The molecule has 0 amide bonds. The number of fused-ring (bicyclic) bond motifs is 2. The molecular formula is C30H43NO4. The van der Waals surface area contributed by atoms with Gasteiger partial charge in [-0.3, -0.25) is 4.90 Å². The van der Waals surface area contributed by atoms with Crippen LogP contribution in [0, 0.1) is 22.7 Å². The third-order valence-electron chi connectivity index (χ3n) is 12.6. The van der Waals surface area contributed by atoms with E-state index >= 15 is 0 Å². The molecule has 7 atom stereocenters. The van der Waals surface area contributed by atoms with E-state index < -0.39 is 11.2 Å². The molecule has 5 aliphatic carbocycles. The Balaban J connectivity index is 1.46. The van der Waals surface area contributed by atoms with Crippen molar-refractivity contribution in [1.29, 1.82) is 0 Å². The highest BCUT2D eigenvalue weighted by Crippen LogP contribution is 2.78. The summed E-state index contributed by atoms with van der Waals surface area (Å²) in [4.78, 5) is 2.83. The van der Waals surface area contributed by atoms with Crippen LogP contribution in [0.5, 0.6) is 11.5 Å². The van der Waals surface area contributed by atoms with Crippen LogP contribution in [-0.4, -0.2) is 58.7 Å². The average Bonchev–Trinajstić information content (AvgIpc) is 3.58. The summed E-state index contributed by atoms with van der Waals surface area (Å²) in [5, 5.41) is 23.4. The van der Waals surface area contributed by atoms with Crippen LogP contribution in [0.2, 0.25) is 0 Å². The van der Waals surface area contributed by atoms with Crippen LogP contribution in [0.3, 0.4) is 0 Å². The lowest BCUT2D eigenvalue weighted by molar-refractivity contribution is -0.313. The summed E-state index contributed by atoms with van der Waals surface area (Å²) in [5.41, 5.74) is 0.836. The van der Waals surface area contributed by atoms with Gasteiger partial charge in [0.1, 0.15) is 11.7 Å². The Morgan fingerprint density at radius 3 is 2.63 bits per heavy atom. The number of ether oxygens (including phenoxy) is 2. The Morgan fingerprint density at radius 1 is 1.17 bits per heavy atom. The van der Waals surface area contributed by atoms with Crippen molar-refractivity contribution in [2.24, 2.45) is 22.7 Å². The first-order valence-corrected chi connectivity index (χ1v) is 14.1. The molecule has 2 spiro atoms. The van der Waals surface area contributed by atoms with Gasteiger partial charge in [0, 0.05) is 42.0 Å². The van der Waals surface area contributed by atoms with Gasteiger partial charge in [0.2, 0.25) is 0 Å². The van der Waals surface area contributed by atoms with Crippen molar-refractivity contribution in [2.45, 2.75) is 108 Å². The number of hydrogen-bond donors (Lipinski definition) is 2. The number of phenols is 1. The molecule has 0 radical (unpaired) electrons. The minimum atomic E-state index is -0.900. The van der Waals surface area contributed by atoms with Gasteiger partial charge >= 0.3 is 0 Å². The molecule has 4 bridgehead atoms. The average molecular weight is 482 g/mol. The van der Waals surface area contributed by atoms with Gasteiger partial charge < -0.3 is 19.7 Å². The van der Waals surface area contributed by atoms with E-state index in [2.05, 4.69) is 38.7 Å². The van der Waals surface area contributed by atoms with Crippen molar-refractivity contribution in [2.75, 3.05) is 20.2 Å². The largest absolute Gasteiger partial charge is 0.504 e. The maximum Gasteiger partial charge on any atom is 0.165 e. The lowest BCUT2D eigenvalue weighted by Gasteiger charge is -2.75. The molecule has 1 aromatic rings. The summed E-state index contributed by atoms with van der Waals surface area (Å²) in [5.74, 6) is 1.81. The molecule has 8 rings (SSSR count). The van der Waals surface area contributed by atoms with Gasteiger partial charge in [0.15, 0.2) is 11.5 Å². The molecule has 5 heteroatoms. The monoisotopic (exact) mass is 481 g/mol. The Labute approximate surface area is 210 Å². The molecule has 192 valence electrons. The maximum atomic E-state index is 12.4. The second-order valence-electron chi connectivity index (χ2n) is 13.8. The third kappa shape index (κ3) is 2.43. The Kier molecular flexibility index (Phi) is 4.42. The van der Waals surface area contributed by atoms with E-state index in [0.29, 0.717) is 11.8 Å². The number of methoxy groups -OCH3 is 1. The summed E-state index contributed by atoms with van der Waals surface area (Å²) < 4.78 is 13.5. The lowest BCUT2D eigenvalue weighted by Crippen LogP contribution is -2.83. The van der Waals surface area contributed by atoms with Crippen LogP contribution in [-0.2, 0) is 16.6 Å². The van der Waals surface area contributed by atoms with Crippen LogP contribution >= 0.6 is 0 Å². The minimum Gasteiger partial charge on any atom is -0.504 e. The first-order chi connectivity index (χ1) is 16.6. The maximum absolute atomic E-state index is 12.4. The van der Waals surface area contributed by atoms with Gasteiger partial charge in [0.25, 0.3) is 0 Å². The van der Waals surface area contributed by atoms with E-state index in [-0.39, 0.29) is 34.0 Å². The van der Waals surface area contributed by atoms with E-state index in [1.807, 2.05) is 13.2 Å². The molecule has 1 saturated heterocycles. The zero-order valence-electron chi connectivity index (χ0n) is 22.2. The predicted octanol–water partition coefficient (Wildman–Crippen LogP) is 4.80. The number of nitrogens with zero attached hydrogens (tertiary/aromatic N) is 1. The van der Waals surface area contributed by atoms with E-state index in [9.17, 15) is 10.2 Å². The van der Waals surface area contributed by atoms with Crippen LogP contribution < -0.4 is 4.74 Å². The van der Waals surface area contributed by atoms with Crippen molar-refractivity contribution in [3.63, 3.8) is 0 Å². The number of aliphatic hydroxyl groups is 1. The highest BCUT2D eigenvalue weighted by atomic mass is 16.6. The van der Waals surface area contributed by atoms with E-state index in [4.69, 9.17) is 9.47 Å². The quantitative estimate of drug-likeness (QED) is 0.611. The molecule has 2 heterocycles. The van der Waals surface area contributed by atoms with E-state index in [1.165, 1.54) is 30.5 Å². The molecule has 2 N–H and O–H groups in total. The number of hydrogen-bond acceptors (Lipinski definition) is 5. The number of phenolic OH excluding ortho intramolecular Hbond substituents is 1. The Morgan fingerprint density at radius 2 is 1.94 bits per heavy atom. The summed E-state index contributed by atoms with van der Waals surface area (Å²) >= 11 is 0. The summed E-state index contributed by atoms with van der Waals surface area (Å²) in [7, 11) is 1.84. The zero-order valence-corrected chi connectivity index (χ0v) is 22.2. The molecule has 1 aromatic carbocycles. The van der Waals surface area contributed by atoms with Gasteiger partial charge in [-0.05, 0) is 87.8 Å². The minimum absolute atomic E-state index is 0.0248. The van der Waals surface area contributed by atoms with Crippen LogP contribution in [0.15, 0.2) is 12.1 Å². The smallest absolute Gasteiger partial charge is 0.165 e. The van der Waals surface area contributed by atoms with Crippen LogP contribution in [0.1, 0.15) is 83.8 Å². The lowest BCUT2D eigenvalue weighted by atomic mass is 9.33. The van der Waals surface area contributed by atoms with E-state index in [1.54, 1.807) is 0 Å². The third-order valence-corrected chi connectivity index (χ3v) is 12.6. The SMILES string of the molecule is CCC(C)(C)[C@@](C)(O)[C@H]1C[C@@]23CC[C@@]1(OC)[C@@H]1Oc4c(O)ccc5c4[C@@]12CCN(CC1CC1)[C@@H]3C5. The van der Waals surface area contributed by atoms with Gasteiger partial charge in [0.05, 0.1) is 5.60 Å². The molecule has 0 unspecified atom stereocenters.